The van der Waals surface area contributed by atoms with Gasteiger partial charge in [0.25, 0.3) is 0 Å². The highest BCUT2D eigenvalue weighted by atomic mass is 15.2. The summed E-state index contributed by atoms with van der Waals surface area (Å²) >= 11 is 0. The molecule has 3 saturated heterocycles. The molecule has 1 aromatic rings. The van der Waals surface area contributed by atoms with Gasteiger partial charge in [0, 0.05) is 35.9 Å². The van der Waals surface area contributed by atoms with Gasteiger partial charge >= 0.3 is 0 Å². The quantitative estimate of drug-likeness (QED) is 0.782. The summed E-state index contributed by atoms with van der Waals surface area (Å²) in [6, 6.07) is 7.95. The minimum absolute atomic E-state index is 0.643. The van der Waals surface area contributed by atoms with Crippen molar-refractivity contribution >= 4 is 11.4 Å². The maximum absolute atomic E-state index is 6.06. The van der Waals surface area contributed by atoms with E-state index in [4.69, 9.17) is 5.73 Å². The standard InChI is InChI=1S/C19H27N3/c1-2-12-7-11-8-16-18-14(5-6-22(10-11)19(12)16)15-9-13(20)3-4-17(15)21-18/h3-4,9,11-12,14,16,18-19,21H,2,5-8,10,20H2,1H3. The van der Waals surface area contributed by atoms with Gasteiger partial charge in [-0.15, -0.1) is 0 Å². The van der Waals surface area contributed by atoms with E-state index in [1.165, 1.54) is 50.0 Å². The van der Waals surface area contributed by atoms with Crippen LogP contribution in [0.1, 0.15) is 44.1 Å². The summed E-state index contributed by atoms with van der Waals surface area (Å²) in [5, 5.41) is 3.91. The monoisotopic (exact) mass is 297 g/mol. The zero-order chi connectivity index (χ0) is 14.8. The van der Waals surface area contributed by atoms with Crippen molar-refractivity contribution in [2.24, 2.45) is 17.8 Å². The number of fused-ring (bicyclic) bond motifs is 4. The van der Waals surface area contributed by atoms with Gasteiger partial charge in [0.2, 0.25) is 0 Å². The van der Waals surface area contributed by atoms with E-state index in [0.717, 1.165) is 29.5 Å². The van der Waals surface area contributed by atoms with Crippen molar-refractivity contribution in [3.8, 4) is 0 Å². The third-order valence-corrected chi connectivity index (χ3v) is 7.02. The van der Waals surface area contributed by atoms with Crippen molar-refractivity contribution in [1.82, 2.24) is 4.90 Å². The van der Waals surface area contributed by atoms with Crippen molar-refractivity contribution < 1.29 is 0 Å². The normalized spacial score (nSPS) is 44.9. The van der Waals surface area contributed by atoms with Crippen molar-refractivity contribution in [2.45, 2.75) is 50.6 Å². The second kappa shape index (κ2) is 4.64. The van der Waals surface area contributed by atoms with Gasteiger partial charge in [0.1, 0.15) is 0 Å². The summed E-state index contributed by atoms with van der Waals surface area (Å²) in [6.07, 6.45) is 5.57. The van der Waals surface area contributed by atoms with E-state index in [1.54, 1.807) is 0 Å². The van der Waals surface area contributed by atoms with Gasteiger partial charge in [-0.1, -0.05) is 13.3 Å². The minimum Gasteiger partial charge on any atom is -0.399 e. The summed E-state index contributed by atoms with van der Waals surface area (Å²) in [5.74, 6) is 3.37. The Balaban J connectivity index is 1.55. The SMILES string of the molecule is CCC1CC2CC3C4Nc5ccc(N)cc5C4CCN(C2)C13. The van der Waals surface area contributed by atoms with Crippen LogP contribution in [0, 0.1) is 17.8 Å². The Morgan fingerprint density at radius 2 is 2.23 bits per heavy atom. The largest absolute Gasteiger partial charge is 0.399 e. The fourth-order valence-corrected chi connectivity index (χ4v) is 6.26. The number of nitrogen functional groups attached to an aromatic ring is 1. The van der Waals surface area contributed by atoms with Gasteiger partial charge in [0.05, 0.1) is 0 Å². The number of nitrogens with zero attached hydrogens (tertiary/aromatic N) is 1. The van der Waals surface area contributed by atoms with Crippen LogP contribution in [0.2, 0.25) is 0 Å². The van der Waals surface area contributed by atoms with E-state index in [2.05, 4.69) is 29.3 Å². The Labute approximate surface area is 133 Å². The lowest BCUT2D eigenvalue weighted by Gasteiger charge is -2.54. The molecule has 3 N–H and O–H groups in total. The van der Waals surface area contributed by atoms with Gasteiger partial charge in [-0.3, -0.25) is 4.90 Å². The van der Waals surface area contributed by atoms with Crippen molar-refractivity contribution in [1.29, 1.82) is 0 Å². The first-order chi connectivity index (χ1) is 10.7. The van der Waals surface area contributed by atoms with E-state index in [1.807, 2.05) is 6.07 Å². The average molecular weight is 297 g/mol. The number of anilines is 2. The molecule has 5 aliphatic rings. The summed E-state index contributed by atoms with van der Waals surface area (Å²) in [6.45, 7) is 5.04. The molecule has 1 aromatic carbocycles. The average Bonchev–Trinajstić information content (AvgIpc) is 2.85. The van der Waals surface area contributed by atoms with Gasteiger partial charge in [-0.25, -0.2) is 0 Å². The molecule has 4 fully saturated rings. The Kier molecular flexibility index (Phi) is 2.79. The van der Waals surface area contributed by atoms with Crippen molar-refractivity contribution in [3.63, 3.8) is 0 Å². The van der Waals surface area contributed by atoms with Crippen LogP contribution in [-0.2, 0) is 0 Å². The first-order valence-electron chi connectivity index (χ1n) is 9.14. The number of benzene rings is 1. The lowest BCUT2D eigenvalue weighted by Crippen LogP contribution is -2.59. The summed E-state index contributed by atoms with van der Waals surface area (Å²) in [4.78, 5) is 2.85. The summed E-state index contributed by atoms with van der Waals surface area (Å²) in [5.41, 5.74) is 9.83. The molecule has 3 heteroatoms. The summed E-state index contributed by atoms with van der Waals surface area (Å²) in [7, 11) is 0. The molecule has 4 bridgehead atoms. The first kappa shape index (κ1) is 13.2. The molecule has 1 saturated carbocycles. The van der Waals surface area contributed by atoms with Crippen LogP contribution < -0.4 is 11.1 Å². The zero-order valence-electron chi connectivity index (χ0n) is 13.5. The Bertz CT molecular complexity index is 598. The second-order valence-corrected chi connectivity index (χ2v) is 8.07. The molecule has 22 heavy (non-hydrogen) atoms. The van der Waals surface area contributed by atoms with E-state index < -0.39 is 0 Å². The number of nitrogens with two attached hydrogens (primary N) is 1. The lowest BCUT2D eigenvalue weighted by atomic mass is 9.63. The number of hydrogen-bond donors (Lipinski definition) is 2. The van der Waals surface area contributed by atoms with E-state index in [-0.39, 0.29) is 0 Å². The van der Waals surface area contributed by atoms with Crippen molar-refractivity contribution in [3.05, 3.63) is 23.8 Å². The third kappa shape index (κ3) is 1.72. The molecular weight excluding hydrogens is 270 g/mol. The first-order valence-corrected chi connectivity index (χ1v) is 9.14. The second-order valence-electron chi connectivity index (χ2n) is 8.07. The molecule has 0 aromatic heterocycles. The highest BCUT2D eigenvalue weighted by molar-refractivity contribution is 5.64. The van der Waals surface area contributed by atoms with Crippen LogP contribution in [0.5, 0.6) is 0 Å². The van der Waals surface area contributed by atoms with Crippen LogP contribution in [0.3, 0.4) is 0 Å². The maximum Gasteiger partial charge on any atom is 0.0380 e. The van der Waals surface area contributed by atoms with Crippen LogP contribution in [0.25, 0.3) is 0 Å². The molecule has 4 aliphatic heterocycles. The van der Waals surface area contributed by atoms with Crippen molar-refractivity contribution in [2.75, 3.05) is 24.1 Å². The molecule has 1 aliphatic carbocycles. The molecular formula is C19H27N3. The van der Waals surface area contributed by atoms with Crippen LogP contribution >= 0.6 is 0 Å². The lowest BCUT2D eigenvalue weighted by molar-refractivity contribution is -0.0383. The molecule has 118 valence electrons. The Hall–Kier alpha value is -1.22. The van der Waals surface area contributed by atoms with Gasteiger partial charge in [0.15, 0.2) is 0 Å². The molecule has 0 amide bonds. The van der Waals surface area contributed by atoms with E-state index >= 15 is 0 Å². The minimum atomic E-state index is 0.643. The number of piperidine rings is 2. The third-order valence-electron chi connectivity index (χ3n) is 7.02. The maximum atomic E-state index is 6.06. The topological polar surface area (TPSA) is 41.3 Å². The van der Waals surface area contributed by atoms with Gasteiger partial charge in [-0.05, 0) is 67.3 Å². The fourth-order valence-electron chi connectivity index (χ4n) is 6.26. The highest BCUT2D eigenvalue weighted by Crippen LogP contribution is 2.53. The van der Waals surface area contributed by atoms with Crippen LogP contribution in [-0.4, -0.2) is 30.1 Å². The molecule has 6 rings (SSSR count). The molecule has 7 unspecified atom stereocenters. The number of hydrogen-bond acceptors (Lipinski definition) is 3. The molecule has 7 atom stereocenters. The fraction of sp³-hybridized carbons (Fsp3) is 0.684. The van der Waals surface area contributed by atoms with Gasteiger partial charge in [-0.2, -0.15) is 0 Å². The van der Waals surface area contributed by atoms with Gasteiger partial charge < -0.3 is 11.1 Å². The Morgan fingerprint density at radius 1 is 1.32 bits per heavy atom. The highest BCUT2D eigenvalue weighted by Gasteiger charge is 2.53. The molecule has 4 heterocycles. The van der Waals surface area contributed by atoms with E-state index in [0.29, 0.717) is 12.0 Å². The molecule has 0 radical (unpaired) electrons. The Morgan fingerprint density at radius 3 is 3.09 bits per heavy atom. The number of nitrogens with one attached hydrogen (secondary N) is 1. The van der Waals surface area contributed by atoms with E-state index in [9.17, 15) is 0 Å². The number of rotatable bonds is 1. The predicted molar refractivity (Wildman–Crippen MR) is 91.0 cm³/mol. The van der Waals surface area contributed by atoms with Crippen LogP contribution in [0.4, 0.5) is 11.4 Å². The smallest absolute Gasteiger partial charge is 0.0380 e. The van der Waals surface area contributed by atoms with Crippen LogP contribution in [0.15, 0.2) is 18.2 Å². The predicted octanol–water partition coefficient (Wildman–Crippen LogP) is 3.29. The zero-order valence-corrected chi connectivity index (χ0v) is 13.5. The molecule has 0 spiro atoms. The summed E-state index contributed by atoms with van der Waals surface area (Å²) < 4.78 is 0. The molecule has 3 nitrogen and oxygen atoms in total.